The van der Waals surface area contributed by atoms with E-state index in [2.05, 4.69) is 190 Å². The SMILES string of the molecule is CCCC1(CC2=Cc3c(-c4cc(C)cc(C)c4)cccc3[CH]2[Zr])CCC1.CCCC1(CC2=Cc3c(-c4cc(C)cc(C)c4)cccc3[CH]2[Zr][CH]2C(CC3(CCC)CC3)=Cc3c(-c4cc(C)cc(C)c4)cccc32)CC1.Cl.Cl. The molecule has 0 heterocycles. The van der Waals surface area contributed by atoms with Gasteiger partial charge >= 0.3 is 484 Å². The van der Waals surface area contributed by atoms with Crippen LogP contribution in [0.4, 0.5) is 0 Å². The van der Waals surface area contributed by atoms with Gasteiger partial charge in [-0.1, -0.05) is 0 Å². The molecule has 0 aliphatic heterocycles. The van der Waals surface area contributed by atoms with Crippen LogP contribution in [-0.2, 0) is 48.0 Å². The Morgan fingerprint density at radius 3 is 1.05 bits per heavy atom. The summed E-state index contributed by atoms with van der Waals surface area (Å²) in [6, 6.07) is 42.8. The van der Waals surface area contributed by atoms with Gasteiger partial charge in [-0.25, -0.2) is 0 Å². The molecule has 3 unspecified atom stereocenters. The van der Waals surface area contributed by atoms with Crippen molar-refractivity contribution in [3.63, 3.8) is 0 Å². The summed E-state index contributed by atoms with van der Waals surface area (Å²) in [5.74, 6) is 0. The molecular formula is C73H85Cl2Zr2. The third kappa shape index (κ3) is 12.4. The molecule has 6 aromatic carbocycles. The molecule has 12 rings (SSSR count). The average Bonchev–Trinajstić information content (AvgIpc) is 4.20. The monoisotopic (exact) mass is 1210 g/mol. The van der Waals surface area contributed by atoms with E-state index in [1.165, 1.54) is 186 Å². The zero-order chi connectivity index (χ0) is 52.2. The number of allylic oxidation sites excluding steroid dienone is 3. The second-order valence-corrected chi connectivity index (χ2v) is 30.4. The molecule has 0 aromatic heterocycles. The maximum atomic E-state index is 2.72. The van der Waals surface area contributed by atoms with E-state index in [9.17, 15) is 0 Å². The standard InChI is InChI=1S/C25H29.2C24H27.2ClH.2Zr/c1-4-9-25(10-6-11-25)17-20-15-21-7-5-8-23(24(21)16-20)22-13-18(2)12-19(3)14-22;2*1-4-8-24(9-10-24)16-19-14-20-6-5-7-22(23(20)15-19)21-12-17(2)11-18(3)13-21;;;;/h5,7-8,12-16H,4,6,9-11,17H2,1-3H3;2*5-7,11-15H,4,8-10,16H2,1-3H3;2*1H;;. The summed E-state index contributed by atoms with van der Waals surface area (Å²) < 4.78 is 1.95. The zero-order valence-corrected chi connectivity index (χ0v) is 54.5. The maximum Gasteiger partial charge on any atom is -0.147 e. The van der Waals surface area contributed by atoms with Gasteiger partial charge in [-0.3, -0.25) is 0 Å². The molecule has 399 valence electrons. The van der Waals surface area contributed by atoms with Gasteiger partial charge in [-0.2, -0.15) is 0 Å². The van der Waals surface area contributed by atoms with Crippen LogP contribution in [0.15, 0.2) is 126 Å². The Hall–Kier alpha value is -3.11. The predicted molar refractivity (Wildman–Crippen MR) is 329 cm³/mol. The van der Waals surface area contributed by atoms with E-state index < -0.39 is 23.2 Å². The van der Waals surface area contributed by atoms with Gasteiger partial charge in [0.15, 0.2) is 0 Å². The topological polar surface area (TPSA) is 0 Å². The van der Waals surface area contributed by atoms with E-state index in [4.69, 9.17) is 0 Å². The van der Waals surface area contributed by atoms with Crippen molar-refractivity contribution < 1.29 is 48.0 Å². The van der Waals surface area contributed by atoms with Crippen molar-refractivity contribution in [2.75, 3.05) is 0 Å². The number of benzene rings is 6. The first-order valence-corrected chi connectivity index (χ1v) is 33.7. The summed E-state index contributed by atoms with van der Waals surface area (Å²) in [6.45, 7) is 20.6. The van der Waals surface area contributed by atoms with Crippen LogP contribution in [-0.4, -0.2) is 0 Å². The summed E-state index contributed by atoms with van der Waals surface area (Å²) in [6.07, 6.45) is 30.1. The molecule has 0 radical (unpaired) electrons. The maximum absolute atomic E-state index is 2.72. The van der Waals surface area contributed by atoms with E-state index in [1.54, 1.807) is 58.1 Å². The molecule has 0 bridgehead atoms. The summed E-state index contributed by atoms with van der Waals surface area (Å²) in [5.41, 5.74) is 33.1. The molecule has 6 aliphatic carbocycles. The van der Waals surface area contributed by atoms with Crippen LogP contribution in [0, 0.1) is 57.8 Å². The van der Waals surface area contributed by atoms with Crippen molar-refractivity contribution in [3.05, 3.63) is 193 Å². The number of hydrogen-bond acceptors (Lipinski definition) is 0. The fraction of sp³-hybridized carbons (Fsp3) is 0.425. The van der Waals surface area contributed by atoms with Gasteiger partial charge in [-0.05, 0) is 0 Å². The molecule has 0 spiro atoms. The number of halogens is 2. The van der Waals surface area contributed by atoms with Gasteiger partial charge in [0.05, 0.1) is 0 Å². The number of aryl methyl sites for hydroxylation is 6. The van der Waals surface area contributed by atoms with E-state index in [0.717, 1.165) is 0 Å². The van der Waals surface area contributed by atoms with Gasteiger partial charge in [0, 0.05) is 0 Å². The van der Waals surface area contributed by atoms with E-state index >= 15 is 0 Å². The normalized spacial score (nSPS) is 20.1. The van der Waals surface area contributed by atoms with Crippen molar-refractivity contribution in [2.45, 2.75) is 176 Å². The Morgan fingerprint density at radius 2 is 0.727 bits per heavy atom. The van der Waals surface area contributed by atoms with Crippen molar-refractivity contribution in [1.29, 1.82) is 0 Å². The molecule has 0 nitrogen and oxygen atoms in total. The third-order valence-corrected chi connectivity index (χ3v) is 25.5. The molecular weight excluding hydrogens is 1130 g/mol. The van der Waals surface area contributed by atoms with Crippen LogP contribution in [0.3, 0.4) is 0 Å². The van der Waals surface area contributed by atoms with Gasteiger partial charge < -0.3 is 0 Å². The molecule has 6 aromatic rings. The smallest absolute Gasteiger partial charge is 0.147 e. The first-order chi connectivity index (χ1) is 36.2. The van der Waals surface area contributed by atoms with Crippen molar-refractivity contribution in [2.24, 2.45) is 16.2 Å². The minimum atomic E-state index is -1.02. The van der Waals surface area contributed by atoms with Gasteiger partial charge in [0.2, 0.25) is 0 Å². The summed E-state index contributed by atoms with van der Waals surface area (Å²) in [7, 11) is 0. The number of hydrogen-bond donors (Lipinski definition) is 0. The molecule has 0 saturated heterocycles. The number of fused-ring (bicyclic) bond motifs is 3. The Balaban J connectivity index is 0.000000218. The third-order valence-electron chi connectivity index (χ3n) is 18.8. The van der Waals surface area contributed by atoms with Crippen LogP contribution in [0.5, 0.6) is 0 Å². The fourth-order valence-corrected chi connectivity index (χ4v) is 21.0. The first kappa shape index (κ1) is 58.5. The summed E-state index contributed by atoms with van der Waals surface area (Å²) in [4.78, 5) is 0. The van der Waals surface area contributed by atoms with Crippen LogP contribution >= 0.6 is 24.8 Å². The molecule has 77 heavy (non-hydrogen) atoms. The van der Waals surface area contributed by atoms with Crippen LogP contribution in [0.2, 0.25) is 0 Å². The Morgan fingerprint density at radius 1 is 0.416 bits per heavy atom. The quantitative estimate of drug-likeness (QED) is 0.0854. The number of rotatable bonds is 17. The Labute approximate surface area is 504 Å². The molecule has 0 N–H and O–H groups in total. The second kappa shape index (κ2) is 24.1. The van der Waals surface area contributed by atoms with Crippen molar-refractivity contribution in [3.8, 4) is 33.4 Å². The largest absolute Gasteiger partial charge is 0.147 e. The second-order valence-electron chi connectivity index (χ2n) is 25.3. The molecule has 4 heteroatoms. The van der Waals surface area contributed by atoms with Gasteiger partial charge in [0.1, 0.15) is 0 Å². The van der Waals surface area contributed by atoms with Gasteiger partial charge in [-0.15, -0.1) is 24.8 Å². The van der Waals surface area contributed by atoms with Crippen LogP contribution in [0.25, 0.3) is 51.6 Å². The minimum absolute atomic E-state index is 0. The van der Waals surface area contributed by atoms with E-state index in [1.807, 2.05) is 0 Å². The molecule has 6 aliphatic rings. The summed E-state index contributed by atoms with van der Waals surface area (Å²) >= 11 is 0.623. The van der Waals surface area contributed by atoms with Crippen molar-refractivity contribution >= 4 is 43.0 Å². The van der Waals surface area contributed by atoms with Gasteiger partial charge in [0.25, 0.3) is 0 Å². The van der Waals surface area contributed by atoms with Crippen molar-refractivity contribution in [1.82, 2.24) is 0 Å². The Bertz CT molecular complexity index is 3040. The van der Waals surface area contributed by atoms with Crippen LogP contribution in [0.1, 0.15) is 201 Å². The first-order valence-electron chi connectivity index (χ1n) is 29.4. The molecule has 0 amide bonds. The minimum Gasteiger partial charge on any atom is -0.147 e. The molecule has 3 fully saturated rings. The molecule has 3 saturated carbocycles. The van der Waals surface area contributed by atoms with E-state index in [-0.39, 0.29) is 24.8 Å². The van der Waals surface area contributed by atoms with E-state index in [0.29, 0.717) is 27.1 Å². The zero-order valence-electron chi connectivity index (χ0n) is 48.0. The predicted octanol–water partition coefficient (Wildman–Crippen LogP) is 22.0. The molecule has 3 atom stereocenters. The Kier molecular flexibility index (Phi) is 18.4. The van der Waals surface area contributed by atoms with Crippen LogP contribution < -0.4 is 0 Å². The average molecular weight is 1220 g/mol. The fourth-order valence-electron chi connectivity index (χ4n) is 15.0. The summed E-state index contributed by atoms with van der Waals surface area (Å²) in [5, 5.41) is 0.